The Morgan fingerprint density at radius 2 is 2.22 bits per heavy atom. The minimum Gasteiger partial charge on any atom is -0.363 e. The van der Waals surface area contributed by atoms with Crippen molar-refractivity contribution in [2.75, 3.05) is 25.0 Å². The van der Waals surface area contributed by atoms with Crippen molar-refractivity contribution in [3.63, 3.8) is 0 Å². The summed E-state index contributed by atoms with van der Waals surface area (Å²) >= 11 is 0. The molecule has 0 bridgehead atoms. The molecule has 1 aromatic rings. The number of hydrogen-bond donors (Lipinski definition) is 2. The summed E-state index contributed by atoms with van der Waals surface area (Å²) in [6.07, 6.45) is 0. The van der Waals surface area contributed by atoms with Crippen molar-refractivity contribution in [2.45, 2.75) is 12.5 Å². The summed E-state index contributed by atoms with van der Waals surface area (Å²) in [6.45, 7) is 3.04. The van der Waals surface area contributed by atoms with Gasteiger partial charge < -0.3 is 15.4 Å². The van der Waals surface area contributed by atoms with E-state index in [2.05, 4.69) is 10.6 Å². The lowest BCUT2D eigenvalue weighted by Crippen LogP contribution is -2.59. The third-order valence-electron chi connectivity index (χ3n) is 2.78. The van der Waals surface area contributed by atoms with Crippen LogP contribution in [0.5, 0.6) is 0 Å². The molecule has 0 aliphatic carbocycles. The summed E-state index contributed by atoms with van der Waals surface area (Å²) < 4.78 is 31.6. The molecular formula is C12H14F2N2O2. The fraction of sp³-hybridized carbons (Fsp3) is 0.417. The van der Waals surface area contributed by atoms with Crippen LogP contribution in [-0.2, 0) is 9.53 Å². The summed E-state index contributed by atoms with van der Waals surface area (Å²) in [4.78, 5) is 11.5. The van der Waals surface area contributed by atoms with Crippen molar-refractivity contribution < 1.29 is 18.3 Å². The van der Waals surface area contributed by atoms with Gasteiger partial charge in [0.05, 0.1) is 11.3 Å². The number of carbonyl (C=O) groups is 1. The van der Waals surface area contributed by atoms with Crippen molar-refractivity contribution in [3.8, 4) is 0 Å². The van der Waals surface area contributed by atoms with Crippen LogP contribution in [0.2, 0.25) is 0 Å². The monoisotopic (exact) mass is 256 g/mol. The van der Waals surface area contributed by atoms with Crippen LogP contribution in [0.25, 0.3) is 0 Å². The Hall–Kier alpha value is -1.53. The van der Waals surface area contributed by atoms with Gasteiger partial charge in [0.1, 0.15) is 6.61 Å². The number of anilines is 1. The fourth-order valence-corrected chi connectivity index (χ4v) is 1.61. The van der Waals surface area contributed by atoms with E-state index < -0.39 is 17.5 Å². The smallest absolute Gasteiger partial charge is 0.250 e. The number of amides is 1. The normalized spacial score (nSPS) is 17.1. The second-order valence-corrected chi connectivity index (χ2v) is 4.49. The lowest BCUT2D eigenvalue weighted by Gasteiger charge is -2.38. The number of rotatable bonds is 4. The van der Waals surface area contributed by atoms with E-state index in [4.69, 9.17) is 4.74 Å². The van der Waals surface area contributed by atoms with Crippen LogP contribution < -0.4 is 10.6 Å². The number of carbonyl (C=O) groups excluding carboxylic acids is 1. The summed E-state index contributed by atoms with van der Waals surface area (Å²) in [6, 6.07) is 3.61. The zero-order chi connectivity index (χ0) is 13.2. The van der Waals surface area contributed by atoms with Crippen LogP contribution in [-0.4, -0.2) is 31.2 Å². The average molecular weight is 256 g/mol. The van der Waals surface area contributed by atoms with Gasteiger partial charge in [-0.3, -0.25) is 4.79 Å². The second-order valence-electron chi connectivity index (χ2n) is 4.49. The van der Waals surface area contributed by atoms with Crippen molar-refractivity contribution in [2.24, 2.45) is 0 Å². The van der Waals surface area contributed by atoms with Crippen LogP contribution in [0.4, 0.5) is 14.5 Å². The lowest BCUT2D eigenvalue weighted by atomic mass is 10.0. The Morgan fingerprint density at radius 3 is 2.83 bits per heavy atom. The maximum absolute atomic E-state index is 13.3. The highest BCUT2D eigenvalue weighted by Gasteiger charge is 2.33. The first-order chi connectivity index (χ1) is 8.50. The molecule has 1 heterocycles. The maximum Gasteiger partial charge on any atom is 0.250 e. The van der Waals surface area contributed by atoms with Crippen LogP contribution in [0.3, 0.4) is 0 Å². The number of hydrogen-bond acceptors (Lipinski definition) is 3. The van der Waals surface area contributed by atoms with Crippen molar-refractivity contribution in [1.29, 1.82) is 0 Å². The predicted octanol–water partition coefficient (Wildman–Crippen LogP) is 1.28. The third kappa shape index (κ3) is 2.83. The highest BCUT2D eigenvalue weighted by Crippen LogP contribution is 2.17. The molecular weight excluding hydrogens is 242 g/mol. The molecule has 6 heteroatoms. The van der Waals surface area contributed by atoms with Gasteiger partial charge >= 0.3 is 0 Å². The molecule has 1 amide bonds. The van der Waals surface area contributed by atoms with E-state index >= 15 is 0 Å². The zero-order valence-corrected chi connectivity index (χ0v) is 9.93. The van der Waals surface area contributed by atoms with Crippen LogP contribution >= 0.6 is 0 Å². The number of benzene rings is 1. The molecule has 0 spiro atoms. The van der Waals surface area contributed by atoms with Gasteiger partial charge in [-0.1, -0.05) is 6.07 Å². The molecule has 1 aliphatic heterocycles. The van der Waals surface area contributed by atoms with E-state index in [1.54, 1.807) is 0 Å². The van der Waals surface area contributed by atoms with Crippen molar-refractivity contribution in [1.82, 2.24) is 5.32 Å². The van der Waals surface area contributed by atoms with E-state index in [0.717, 1.165) is 6.07 Å². The molecule has 1 saturated heterocycles. The Morgan fingerprint density at radius 1 is 1.50 bits per heavy atom. The predicted molar refractivity (Wildman–Crippen MR) is 62.2 cm³/mol. The molecule has 4 nitrogen and oxygen atoms in total. The molecule has 2 N–H and O–H groups in total. The topological polar surface area (TPSA) is 50.4 Å². The lowest BCUT2D eigenvalue weighted by molar-refractivity contribution is -0.130. The van der Waals surface area contributed by atoms with Gasteiger partial charge in [-0.05, 0) is 19.1 Å². The van der Waals surface area contributed by atoms with Gasteiger partial charge in [0.2, 0.25) is 5.91 Å². The molecule has 1 fully saturated rings. The van der Waals surface area contributed by atoms with Gasteiger partial charge in [0, 0.05) is 13.1 Å². The molecule has 0 unspecified atom stereocenters. The van der Waals surface area contributed by atoms with E-state index in [-0.39, 0.29) is 17.9 Å². The summed E-state index contributed by atoms with van der Waals surface area (Å²) in [5, 5.41) is 5.30. The second kappa shape index (κ2) is 4.99. The maximum atomic E-state index is 13.3. The zero-order valence-electron chi connectivity index (χ0n) is 9.93. The van der Waals surface area contributed by atoms with Gasteiger partial charge in [-0.25, -0.2) is 8.78 Å². The molecule has 0 atom stereocenters. The van der Waals surface area contributed by atoms with Crippen LogP contribution in [0.1, 0.15) is 6.92 Å². The first kappa shape index (κ1) is 12.9. The van der Waals surface area contributed by atoms with Crippen LogP contribution in [0, 0.1) is 11.6 Å². The molecule has 0 saturated carbocycles. The first-order valence-corrected chi connectivity index (χ1v) is 5.59. The van der Waals surface area contributed by atoms with E-state index in [1.165, 1.54) is 12.1 Å². The van der Waals surface area contributed by atoms with Crippen molar-refractivity contribution in [3.05, 3.63) is 29.8 Å². The summed E-state index contributed by atoms with van der Waals surface area (Å²) in [5.74, 6) is -2.57. The Kier molecular flexibility index (Phi) is 3.58. The third-order valence-corrected chi connectivity index (χ3v) is 2.78. The average Bonchev–Trinajstić information content (AvgIpc) is 2.30. The van der Waals surface area contributed by atoms with Gasteiger partial charge in [-0.2, -0.15) is 0 Å². The Bertz CT molecular complexity index is 461. The SMILES string of the molecule is CC1(OCC(=O)Nc2cccc(F)c2F)CNC1. The molecule has 1 aromatic carbocycles. The van der Waals surface area contributed by atoms with Gasteiger partial charge in [-0.15, -0.1) is 0 Å². The van der Waals surface area contributed by atoms with Crippen LogP contribution in [0.15, 0.2) is 18.2 Å². The molecule has 0 aromatic heterocycles. The summed E-state index contributed by atoms with van der Waals surface area (Å²) in [7, 11) is 0. The highest BCUT2D eigenvalue weighted by atomic mass is 19.2. The van der Waals surface area contributed by atoms with E-state index in [1.807, 2.05) is 6.92 Å². The molecule has 1 aliphatic rings. The number of halogens is 2. The number of ether oxygens (including phenoxy) is 1. The van der Waals surface area contributed by atoms with Gasteiger partial charge in [0.25, 0.3) is 0 Å². The molecule has 2 rings (SSSR count). The summed E-state index contributed by atoms with van der Waals surface area (Å²) in [5.41, 5.74) is -0.529. The van der Waals surface area contributed by atoms with E-state index in [9.17, 15) is 13.6 Å². The minimum absolute atomic E-state index is 0.180. The Balaban J connectivity index is 1.89. The standard InChI is InChI=1S/C12H14F2N2O2/c1-12(6-15-7-12)18-5-10(17)16-9-4-2-3-8(13)11(9)14/h2-4,15H,5-7H2,1H3,(H,16,17). The highest BCUT2D eigenvalue weighted by molar-refractivity contribution is 5.91. The minimum atomic E-state index is -1.07. The fourth-order valence-electron chi connectivity index (χ4n) is 1.61. The Labute approximate surface area is 103 Å². The van der Waals surface area contributed by atoms with Crippen molar-refractivity contribution >= 4 is 11.6 Å². The number of nitrogens with one attached hydrogen (secondary N) is 2. The van der Waals surface area contributed by atoms with Gasteiger partial charge in [0.15, 0.2) is 11.6 Å². The molecule has 18 heavy (non-hydrogen) atoms. The largest absolute Gasteiger partial charge is 0.363 e. The van der Waals surface area contributed by atoms with E-state index in [0.29, 0.717) is 13.1 Å². The quantitative estimate of drug-likeness (QED) is 0.853. The first-order valence-electron chi connectivity index (χ1n) is 5.59. The molecule has 0 radical (unpaired) electrons. The molecule has 98 valence electrons.